The lowest BCUT2D eigenvalue weighted by Crippen LogP contribution is -2.21. The number of hydrogen-bond acceptors (Lipinski definition) is 2. The summed E-state index contributed by atoms with van der Waals surface area (Å²) in [4.78, 5) is 12.3. The predicted octanol–water partition coefficient (Wildman–Crippen LogP) is 4.62. The molecule has 0 unspecified atom stereocenters. The summed E-state index contributed by atoms with van der Waals surface area (Å²) in [5.41, 5.74) is 5.31. The van der Waals surface area contributed by atoms with Crippen molar-refractivity contribution in [1.82, 2.24) is 5.43 Å². The highest BCUT2D eigenvalue weighted by atomic mass is 127. The fourth-order valence-corrected chi connectivity index (χ4v) is 2.70. The smallest absolute Gasteiger partial charge is 0.267 e. The summed E-state index contributed by atoms with van der Waals surface area (Å²) in [6, 6.07) is 17.5. The van der Waals surface area contributed by atoms with Crippen molar-refractivity contribution < 1.29 is 4.79 Å². The molecular weight excluding hydrogens is 387 g/mol. The van der Waals surface area contributed by atoms with Crippen molar-refractivity contribution >= 4 is 34.2 Å². The summed E-state index contributed by atoms with van der Waals surface area (Å²) in [5, 5.41) is 4.36. The third kappa shape index (κ3) is 4.66. The van der Waals surface area contributed by atoms with Crippen LogP contribution in [0.3, 0.4) is 0 Å². The summed E-state index contributed by atoms with van der Waals surface area (Å²) in [5.74, 6) is -0.171. The summed E-state index contributed by atoms with van der Waals surface area (Å²) in [6.45, 7) is 2.15. The first-order chi connectivity index (χ1) is 10.7. The van der Waals surface area contributed by atoms with Crippen LogP contribution in [0.5, 0.6) is 0 Å². The van der Waals surface area contributed by atoms with Gasteiger partial charge in [-0.2, -0.15) is 5.10 Å². The molecule has 4 heteroatoms. The van der Waals surface area contributed by atoms with Crippen molar-refractivity contribution in [3.05, 3.63) is 69.3 Å². The monoisotopic (exact) mass is 406 g/mol. The van der Waals surface area contributed by atoms with Crippen LogP contribution in [-0.4, -0.2) is 11.6 Å². The average Bonchev–Trinajstić information content (AvgIpc) is 2.56. The molecule has 2 aromatic rings. The van der Waals surface area contributed by atoms with E-state index in [0.717, 1.165) is 34.1 Å². The van der Waals surface area contributed by atoms with E-state index in [1.807, 2.05) is 48.5 Å². The molecule has 0 atom stereocenters. The Balaban J connectivity index is 2.16. The van der Waals surface area contributed by atoms with E-state index < -0.39 is 0 Å². The van der Waals surface area contributed by atoms with Gasteiger partial charge in [-0.25, -0.2) is 5.43 Å². The summed E-state index contributed by atoms with van der Waals surface area (Å²) < 4.78 is 0.919. The fourth-order valence-electron chi connectivity index (χ4n) is 2.06. The van der Waals surface area contributed by atoms with Crippen molar-refractivity contribution in [2.45, 2.75) is 26.2 Å². The van der Waals surface area contributed by atoms with E-state index in [4.69, 9.17) is 0 Å². The van der Waals surface area contributed by atoms with Gasteiger partial charge in [-0.1, -0.05) is 55.8 Å². The SMILES string of the molecule is CCCCC(=NNC(=O)c1ccccc1I)c1ccccc1. The highest BCUT2D eigenvalue weighted by Gasteiger charge is 2.09. The molecule has 2 rings (SSSR count). The molecule has 3 nitrogen and oxygen atoms in total. The number of carbonyl (C=O) groups is 1. The molecule has 0 aliphatic rings. The molecule has 0 heterocycles. The Hall–Kier alpha value is -1.69. The molecule has 0 aliphatic carbocycles. The Bertz CT molecular complexity index is 653. The summed E-state index contributed by atoms with van der Waals surface area (Å²) in [6.07, 6.45) is 3.00. The third-order valence-corrected chi connectivity index (χ3v) is 4.23. The van der Waals surface area contributed by atoms with Gasteiger partial charge >= 0.3 is 0 Å². The second-order valence-electron chi connectivity index (χ2n) is 4.95. The minimum absolute atomic E-state index is 0.171. The maximum atomic E-state index is 12.3. The largest absolute Gasteiger partial charge is 0.272 e. The number of nitrogens with one attached hydrogen (secondary N) is 1. The lowest BCUT2D eigenvalue weighted by molar-refractivity contribution is 0.0954. The Labute approximate surface area is 145 Å². The van der Waals surface area contributed by atoms with Crippen LogP contribution in [0.25, 0.3) is 0 Å². The van der Waals surface area contributed by atoms with Gasteiger partial charge in [0.15, 0.2) is 0 Å². The molecule has 0 fully saturated rings. The molecule has 2 aromatic carbocycles. The first-order valence-electron chi connectivity index (χ1n) is 7.39. The molecule has 0 aliphatic heterocycles. The van der Waals surface area contributed by atoms with E-state index in [9.17, 15) is 4.79 Å². The van der Waals surface area contributed by atoms with Crippen molar-refractivity contribution in [1.29, 1.82) is 0 Å². The number of rotatable bonds is 6. The minimum atomic E-state index is -0.171. The number of unbranched alkanes of at least 4 members (excludes halogenated alkanes) is 1. The molecule has 0 aromatic heterocycles. The van der Waals surface area contributed by atoms with Crippen molar-refractivity contribution in [3.63, 3.8) is 0 Å². The highest BCUT2D eigenvalue weighted by Crippen LogP contribution is 2.12. The second-order valence-corrected chi connectivity index (χ2v) is 6.11. The molecule has 0 spiro atoms. The number of amides is 1. The van der Waals surface area contributed by atoms with Crippen LogP contribution in [0.1, 0.15) is 42.1 Å². The van der Waals surface area contributed by atoms with Crippen LogP contribution in [0, 0.1) is 3.57 Å². The molecule has 114 valence electrons. The third-order valence-electron chi connectivity index (χ3n) is 3.29. The Morgan fingerprint density at radius 1 is 1.09 bits per heavy atom. The van der Waals surface area contributed by atoms with Gasteiger partial charge in [0.25, 0.3) is 5.91 Å². The number of carbonyl (C=O) groups excluding carboxylic acids is 1. The van der Waals surface area contributed by atoms with E-state index in [1.54, 1.807) is 6.07 Å². The van der Waals surface area contributed by atoms with Gasteiger partial charge in [-0.15, -0.1) is 0 Å². The van der Waals surface area contributed by atoms with Gasteiger partial charge in [0, 0.05) is 3.57 Å². The van der Waals surface area contributed by atoms with Crippen LogP contribution in [0.4, 0.5) is 0 Å². The van der Waals surface area contributed by atoms with Crippen LogP contribution in [0.15, 0.2) is 59.7 Å². The molecule has 0 radical (unpaired) electrons. The second kappa shape index (κ2) is 8.68. The van der Waals surface area contributed by atoms with Crippen LogP contribution in [0.2, 0.25) is 0 Å². The van der Waals surface area contributed by atoms with Crippen LogP contribution < -0.4 is 5.43 Å². The van der Waals surface area contributed by atoms with Crippen molar-refractivity contribution in [2.75, 3.05) is 0 Å². The Kier molecular flexibility index (Phi) is 6.58. The van der Waals surface area contributed by atoms with E-state index in [1.165, 1.54) is 0 Å². The van der Waals surface area contributed by atoms with E-state index in [0.29, 0.717) is 5.56 Å². The van der Waals surface area contributed by atoms with Gasteiger partial charge in [0.1, 0.15) is 0 Å². The zero-order valence-corrected chi connectivity index (χ0v) is 14.7. The van der Waals surface area contributed by atoms with Crippen molar-refractivity contribution in [3.8, 4) is 0 Å². The molecule has 22 heavy (non-hydrogen) atoms. The van der Waals surface area contributed by atoms with Gasteiger partial charge in [-0.05, 0) is 53.1 Å². The molecule has 0 bridgehead atoms. The number of halogens is 1. The maximum Gasteiger partial charge on any atom is 0.272 e. The van der Waals surface area contributed by atoms with E-state index >= 15 is 0 Å². The van der Waals surface area contributed by atoms with Crippen LogP contribution >= 0.6 is 22.6 Å². The van der Waals surface area contributed by atoms with Gasteiger partial charge in [-0.3, -0.25) is 4.79 Å². The van der Waals surface area contributed by atoms with E-state index in [-0.39, 0.29) is 5.91 Å². The first-order valence-corrected chi connectivity index (χ1v) is 8.47. The average molecular weight is 406 g/mol. The number of nitrogens with zero attached hydrogens (tertiary/aromatic N) is 1. The Morgan fingerprint density at radius 2 is 1.77 bits per heavy atom. The van der Waals surface area contributed by atoms with Gasteiger partial charge in [0.2, 0.25) is 0 Å². The standard InChI is InChI=1S/C18H19IN2O/c1-2-3-13-17(14-9-5-4-6-10-14)20-21-18(22)15-11-7-8-12-16(15)19/h4-12H,2-3,13H2,1H3,(H,21,22). The number of hydrogen-bond donors (Lipinski definition) is 1. The summed E-state index contributed by atoms with van der Waals surface area (Å²) in [7, 11) is 0. The molecular formula is C18H19IN2O. The van der Waals surface area contributed by atoms with Gasteiger partial charge < -0.3 is 0 Å². The first kappa shape index (κ1) is 16.7. The fraction of sp³-hybridized carbons (Fsp3) is 0.222. The predicted molar refractivity (Wildman–Crippen MR) is 99.1 cm³/mol. The number of benzene rings is 2. The maximum absolute atomic E-state index is 12.3. The zero-order chi connectivity index (χ0) is 15.8. The zero-order valence-electron chi connectivity index (χ0n) is 12.6. The van der Waals surface area contributed by atoms with Crippen molar-refractivity contribution in [2.24, 2.45) is 5.10 Å². The van der Waals surface area contributed by atoms with Crippen LogP contribution in [-0.2, 0) is 0 Å². The lowest BCUT2D eigenvalue weighted by Gasteiger charge is -2.08. The lowest BCUT2D eigenvalue weighted by atomic mass is 10.1. The van der Waals surface area contributed by atoms with E-state index in [2.05, 4.69) is 40.0 Å². The normalized spacial score (nSPS) is 11.3. The quantitative estimate of drug-likeness (QED) is 0.425. The molecule has 0 saturated heterocycles. The molecule has 1 amide bonds. The highest BCUT2D eigenvalue weighted by molar-refractivity contribution is 14.1. The molecule has 1 N–H and O–H groups in total. The summed E-state index contributed by atoms with van der Waals surface area (Å²) >= 11 is 2.16. The molecule has 0 saturated carbocycles. The minimum Gasteiger partial charge on any atom is -0.267 e. The topological polar surface area (TPSA) is 41.5 Å². The number of hydrazone groups is 1. The van der Waals surface area contributed by atoms with Gasteiger partial charge in [0.05, 0.1) is 11.3 Å². The Morgan fingerprint density at radius 3 is 2.45 bits per heavy atom.